The molecule has 4 heteroatoms. The lowest BCUT2D eigenvalue weighted by Gasteiger charge is -2.46. The van der Waals surface area contributed by atoms with Gasteiger partial charge in [-0.05, 0) is 161 Å². The molecule has 0 fully saturated rings. The lowest BCUT2D eigenvalue weighted by atomic mass is 9.33. The molecule has 1 aromatic heterocycles. The smallest absolute Gasteiger partial charge is 0.252 e. The molecule has 0 N–H and O–H groups in total. The average Bonchev–Trinajstić information content (AvgIpc) is 3.79. The third kappa shape index (κ3) is 6.42. The number of rotatable bonds is 3. The van der Waals surface area contributed by atoms with Gasteiger partial charge in [-0.3, -0.25) is 0 Å². The molecule has 0 bridgehead atoms. The second-order valence-electron chi connectivity index (χ2n) is 23.3. The third-order valence-corrected chi connectivity index (χ3v) is 16.9. The highest BCUT2D eigenvalue weighted by molar-refractivity contribution is 7.20. The van der Waals surface area contributed by atoms with E-state index in [1.54, 1.807) is 0 Å². The van der Waals surface area contributed by atoms with E-state index in [1.165, 1.54) is 121 Å². The molecule has 8 aromatic rings. The van der Waals surface area contributed by atoms with Crippen molar-refractivity contribution in [3.63, 3.8) is 0 Å². The van der Waals surface area contributed by atoms with Gasteiger partial charge in [0.25, 0.3) is 6.71 Å². The second kappa shape index (κ2) is 14.5. The first-order valence-electron chi connectivity index (χ1n) is 24.5. The van der Waals surface area contributed by atoms with E-state index in [1.807, 2.05) is 11.3 Å². The largest absolute Gasteiger partial charge is 0.311 e. The van der Waals surface area contributed by atoms with Gasteiger partial charge in [0.15, 0.2) is 0 Å². The molecule has 0 atom stereocenters. The Bertz CT molecular complexity index is 3400. The van der Waals surface area contributed by atoms with E-state index in [2.05, 4.69) is 232 Å². The molecular weight excluding hydrogens is 828 g/mol. The maximum atomic E-state index is 2.63. The summed E-state index contributed by atoms with van der Waals surface area (Å²) in [4.78, 5) is 6.67. The fourth-order valence-electron chi connectivity index (χ4n) is 11.8. The zero-order valence-corrected chi connectivity index (χ0v) is 42.0. The summed E-state index contributed by atoms with van der Waals surface area (Å²) >= 11 is 1.95. The summed E-state index contributed by atoms with van der Waals surface area (Å²) in [6, 6.07) is 54.7. The Morgan fingerprint density at radius 3 is 1.73 bits per heavy atom. The van der Waals surface area contributed by atoms with Crippen molar-refractivity contribution in [2.45, 2.75) is 111 Å². The highest BCUT2D eigenvalue weighted by Gasteiger charge is 2.46. The monoisotopic (exact) mass is 888 g/mol. The average molecular weight is 889 g/mol. The zero-order valence-electron chi connectivity index (χ0n) is 41.2. The molecule has 0 unspecified atom stereocenters. The van der Waals surface area contributed by atoms with Gasteiger partial charge >= 0.3 is 0 Å². The van der Waals surface area contributed by atoms with Gasteiger partial charge in [0.1, 0.15) is 0 Å². The first-order chi connectivity index (χ1) is 31.9. The fraction of sp³-hybridized carbons (Fsp3) is 0.270. The highest BCUT2D eigenvalue weighted by Crippen LogP contribution is 2.53. The summed E-state index contributed by atoms with van der Waals surface area (Å²) < 4.78 is 1.38. The van der Waals surface area contributed by atoms with Crippen LogP contribution in [0, 0.1) is 0 Å². The summed E-state index contributed by atoms with van der Waals surface area (Å²) in [6.45, 7) is 26.1. The zero-order chi connectivity index (χ0) is 46.5. The summed E-state index contributed by atoms with van der Waals surface area (Å²) in [5.41, 5.74) is 25.0. The first kappa shape index (κ1) is 42.3. The Kier molecular flexibility index (Phi) is 9.12. The molecule has 0 radical (unpaired) electrons. The first-order valence-corrected chi connectivity index (χ1v) is 25.3. The second-order valence-corrected chi connectivity index (χ2v) is 24.4. The van der Waals surface area contributed by atoms with Crippen molar-refractivity contribution in [2.75, 3.05) is 9.80 Å². The van der Waals surface area contributed by atoms with Crippen LogP contribution in [0.4, 0.5) is 34.1 Å². The van der Waals surface area contributed by atoms with Gasteiger partial charge < -0.3 is 9.80 Å². The number of benzene rings is 7. The van der Waals surface area contributed by atoms with Crippen LogP contribution in [0.15, 0.2) is 146 Å². The van der Waals surface area contributed by atoms with Crippen LogP contribution in [-0.4, -0.2) is 6.71 Å². The Balaban J connectivity index is 1.11. The van der Waals surface area contributed by atoms with Crippen LogP contribution in [0.25, 0.3) is 26.8 Å². The van der Waals surface area contributed by atoms with E-state index in [9.17, 15) is 0 Å². The Morgan fingerprint density at radius 2 is 1.09 bits per heavy atom. The van der Waals surface area contributed by atoms with Crippen LogP contribution in [0.3, 0.4) is 0 Å². The van der Waals surface area contributed by atoms with Crippen molar-refractivity contribution < 1.29 is 0 Å². The predicted octanol–water partition coefficient (Wildman–Crippen LogP) is 15.6. The molecule has 0 amide bonds. The molecule has 12 rings (SSSR count). The standard InChI is InChI=1S/C63H61BN2S/c1-60(2,3)39-25-31-53-51(33-39)64-52-34-40(61(4,5)6)26-32-54(52)66(43-29-30-46-45-17-12-14-21-49(45)63(10,11)50(46)37-43)56-36-41(62(7,8)9)35-55(58(56)64)65(53)42-27-23-38(24-28-42)44-19-16-20-48-47-18-13-15-22-57(47)67-59(44)48/h12-15,17-19,21-37H,16,20H2,1-11H3. The van der Waals surface area contributed by atoms with E-state index < -0.39 is 0 Å². The number of hydrogen-bond donors (Lipinski definition) is 0. The lowest BCUT2D eigenvalue weighted by molar-refractivity contribution is 0.590. The van der Waals surface area contributed by atoms with Gasteiger partial charge in [-0.15, -0.1) is 11.3 Å². The maximum absolute atomic E-state index is 2.63. The highest BCUT2D eigenvalue weighted by atomic mass is 32.1. The molecule has 2 aliphatic heterocycles. The van der Waals surface area contributed by atoms with Gasteiger partial charge in [-0.25, -0.2) is 0 Å². The van der Waals surface area contributed by atoms with Crippen molar-refractivity contribution in [3.05, 3.63) is 189 Å². The molecule has 4 aliphatic rings. The summed E-state index contributed by atoms with van der Waals surface area (Å²) in [5.74, 6) is 0. The quantitative estimate of drug-likeness (QED) is 0.163. The minimum atomic E-state index is -0.122. The SMILES string of the molecule is CC(C)(C)c1ccc2c(c1)B1c3cc(C(C)(C)C)ccc3N(c3ccc4c(c3)C(C)(C)c3ccccc3-4)c3cc(C(C)(C)C)cc(c31)N2c1ccc(C2=CCCc3c2sc2ccccc32)cc1. The fourth-order valence-corrected chi connectivity index (χ4v) is 13.1. The van der Waals surface area contributed by atoms with Gasteiger partial charge in [-0.2, -0.15) is 0 Å². The van der Waals surface area contributed by atoms with Crippen molar-refractivity contribution in [1.29, 1.82) is 0 Å². The van der Waals surface area contributed by atoms with Gasteiger partial charge in [-0.1, -0.05) is 167 Å². The molecule has 2 aliphatic carbocycles. The molecular formula is C63H61BN2S. The molecule has 7 aromatic carbocycles. The van der Waals surface area contributed by atoms with Gasteiger partial charge in [0.2, 0.25) is 0 Å². The van der Waals surface area contributed by atoms with Crippen LogP contribution in [0.2, 0.25) is 0 Å². The Hall–Kier alpha value is -6.10. The lowest BCUT2D eigenvalue weighted by Crippen LogP contribution is -2.61. The number of hydrogen-bond acceptors (Lipinski definition) is 3. The van der Waals surface area contributed by atoms with E-state index in [4.69, 9.17) is 0 Å². The van der Waals surface area contributed by atoms with Crippen LogP contribution in [0.1, 0.15) is 126 Å². The van der Waals surface area contributed by atoms with Crippen LogP contribution in [0.5, 0.6) is 0 Å². The van der Waals surface area contributed by atoms with E-state index in [-0.39, 0.29) is 28.4 Å². The van der Waals surface area contributed by atoms with Crippen LogP contribution in [-0.2, 0) is 28.1 Å². The number of nitrogens with zero attached hydrogens (tertiary/aromatic N) is 2. The number of anilines is 6. The summed E-state index contributed by atoms with van der Waals surface area (Å²) in [6.07, 6.45) is 4.64. The molecule has 2 nitrogen and oxygen atoms in total. The van der Waals surface area contributed by atoms with E-state index >= 15 is 0 Å². The van der Waals surface area contributed by atoms with Gasteiger partial charge in [0, 0.05) is 49.1 Å². The maximum Gasteiger partial charge on any atom is 0.252 e. The number of aryl methyl sites for hydroxylation is 1. The Morgan fingerprint density at radius 1 is 0.522 bits per heavy atom. The number of allylic oxidation sites excluding steroid dienone is 1. The summed E-state index contributed by atoms with van der Waals surface area (Å²) in [7, 11) is 0. The molecule has 0 saturated heterocycles. The minimum Gasteiger partial charge on any atom is -0.311 e. The van der Waals surface area contributed by atoms with Crippen molar-refractivity contribution >= 4 is 84.2 Å². The van der Waals surface area contributed by atoms with Crippen molar-refractivity contribution in [1.82, 2.24) is 0 Å². The van der Waals surface area contributed by atoms with Crippen LogP contribution >= 0.6 is 11.3 Å². The predicted molar refractivity (Wildman–Crippen MR) is 291 cm³/mol. The Labute approximate surface area is 403 Å². The van der Waals surface area contributed by atoms with Crippen molar-refractivity contribution in [3.8, 4) is 11.1 Å². The van der Waals surface area contributed by atoms with Crippen LogP contribution < -0.4 is 26.2 Å². The molecule has 3 heterocycles. The minimum absolute atomic E-state index is 0.0224. The summed E-state index contributed by atoms with van der Waals surface area (Å²) in [5, 5.41) is 1.42. The molecule has 0 spiro atoms. The van der Waals surface area contributed by atoms with Crippen molar-refractivity contribution in [2.24, 2.45) is 0 Å². The topological polar surface area (TPSA) is 6.48 Å². The number of thiophene rings is 1. The molecule has 67 heavy (non-hydrogen) atoms. The number of fused-ring (bicyclic) bond motifs is 10. The molecule has 332 valence electrons. The van der Waals surface area contributed by atoms with E-state index in [0.717, 1.165) is 12.8 Å². The van der Waals surface area contributed by atoms with Gasteiger partial charge in [0.05, 0.1) is 0 Å². The van der Waals surface area contributed by atoms with E-state index in [0.29, 0.717) is 0 Å². The molecule has 0 saturated carbocycles. The third-order valence-electron chi connectivity index (χ3n) is 15.6. The normalized spacial score (nSPS) is 15.7.